The molecular weight excluding hydrogens is 406 g/mol. The van der Waals surface area contributed by atoms with Gasteiger partial charge < -0.3 is 19.4 Å². The standard InChI is InChI=1S/C25H23N3O4/c1-28-12-25(14-9-5-7-11-16(14)28)19-18(17-13-8-4-6-10-15(13)26-22(17)25)20(23(29)31-2)27-21(19)24(30)32-3/h4-11,20-21,26-27H,12H2,1-3H3. The van der Waals surface area contributed by atoms with Crippen molar-refractivity contribution < 1.29 is 19.1 Å². The molecule has 0 amide bonds. The molecule has 0 saturated heterocycles. The van der Waals surface area contributed by atoms with Crippen LogP contribution in [0.4, 0.5) is 5.69 Å². The van der Waals surface area contributed by atoms with E-state index in [0.717, 1.165) is 44.6 Å². The molecule has 2 N–H and O–H groups in total. The highest BCUT2D eigenvalue weighted by Gasteiger charge is 2.61. The van der Waals surface area contributed by atoms with E-state index in [4.69, 9.17) is 9.47 Å². The summed E-state index contributed by atoms with van der Waals surface area (Å²) in [5, 5.41) is 4.26. The number of ether oxygens (including phenoxy) is 2. The second-order valence-corrected chi connectivity index (χ2v) is 8.61. The lowest BCUT2D eigenvalue weighted by Gasteiger charge is -2.32. The van der Waals surface area contributed by atoms with Gasteiger partial charge in [0.2, 0.25) is 0 Å². The van der Waals surface area contributed by atoms with E-state index in [2.05, 4.69) is 40.4 Å². The summed E-state index contributed by atoms with van der Waals surface area (Å²) in [6.45, 7) is 0.647. The maximum absolute atomic E-state index is 13.0. The summed E-state index contributed by atoms with van der Waals surface area (Å²) in [5.41, 5.74) is 6.31. The van der Waals surface area contributed by atoms with Gasteiger partial charge in [0, 0.05) is 41.4 Å². The Morgan fingerprint density at radius 3 is 2.47 bits per heavy atom. The number of esters is 2. The Labute approximate surface area is 185 Å². The lowest BCUT2D eigenvalue weighted by Crippen LogP contribution is -2.48. The van der Waals surface area contributed by atoms with Gasteiger partial charge in [-0.05, 0) is 28.8 Å². The normalized spacial score (nSPS) is 25.3. The minimum Gasteiger partial charge on any atom is -0.468 e. The summed E-state index contributed by atoms with van der Waals surface area (Å²) >= 11 is 0. The van der Waals surface area contributed by atoms with Gasteiger partial charge in [0.1, 0.15) is 12.1 Å². The number of likely N-dealkylation sites (N-methyl/N-ethyl adjacent to an activating group) is 1. The zero-order chi connectivity index (χ0) is 22.2. The molecule has 3 aromatic rings. The van der Waals surface area contributed by atoms with Gasteiger partial charge in [0.05, 0.1) is 19.6 Å². The third kappa shape index (κ3) is 2.14. The smallest absolute Gasteiger partial charge is 0.327 e. The second kappa shape index (κ2) is 6.46. The zero-order valence-electron chi connectivity index (χ0n) is 18.1. The summed E-state index contributed by atoms with van der Waals surface area (Å²) in [7, 11) is 4.80. The van der Waals surface area contributed by atoms with Gasteiger partial charge in [-0.3, -0.25) is 10.1 Å². The molecule has 3 unspecified atom stereocenters. The largest absolute Gasteiger partial charge is 0.468 e. The van der Waals surface area contributed by atoms with Crippen molar-refractivity contribution in [3.63, 3.8) is 0 Å². The number of methoxy groups -OCH3 is 2. The van der Waals surface area contributed by atoms with Gasteiger partial charge in [-0.1, -0.05) is 36.4 Å². The highest BCUT2D eigenvalue weighted by molar-refractivity contribution is 6.10. The van der Waals surface area contributed by atoms with Crippen LogP contribution >= 0.6 is 0 Å². The predicted molar refractivity (Wildman–Crippen MR) is 120 cm³/mol. The highest BCUT2D eigenvalue weighted by Crippen LogP contribution is 2.60. The monoisotopic (exact) mass is 429 g/mol. The fourth-order valence-corrected chi connectivity index (χ4v) is 6.02. The Morgan fingerprint density at radius 1 is 1.00 bits per heavy atom. The molecular formula is C25H23N3O4. The Hall–Kier alpha value is -3.58. The van der Waals surface area contributed by atoms with Gasteiger partial charge in [-0.25, -0.2) is 4.79 Å². The molecule has 3 heterocycles. The van der Waals surface area contributed by atoms with Crippen molar-refractivity contribution in [3.05, 3.63) is 70.9 Å². The summed E-state index contributed by atoms with van der Waals surface area (Å²) in [4.78, 5) is 31.8. The predicted octanol–water partition coefficient (Wildman–Crippen LogP) is 2.36. The number of benzene rings is 2. The Kier molecular flexibility index (Phi) is 3.86. The molecule has 0 fully saturated rings. The number of nitrogens with zero attached hydrogens (tertiary/aromatic N) is 1. The average molecular weight is 429 g/mol. The fraction of sp³-hybridized carbons (Fsp3) is 0.280. The molecule has 6 rings (SSSR count). The SMILES string of the molecule is COC(=O)C1NC(C(=O)OC)C2=C1c1c([nH]c3ccccc13)C21CN(C)c2ccccc21. The van der Waals surface area contributed by atoms with Crippen LogP contribution in [-0.4, -0.2) is 56.8 Å². The first-order valence-electron chi connectivity index (χ1n) is 10.6. The van der Waals surface area contributed by atoms with Crippen LogP contribution in [0.5, 0.6) is 0 Å². The third-order valence-corrected chi connectivity index (χ3v) is 7.19. The molecule has 162 valence electrons. The van der Waals surface area contributed by atoms with Gasteiger partial charge in [0.25, 0.3) is 0 Å². The molecule has 0 bridgehead atoms. The maximum atomic E-state index is 13.0. The molecule has 0 radical (unpaired) electrons. The zero-order valence-corrected chi connectivity index (χ0v) is 18.1. The first-order valence-corrected chi connectivity index (χ1v) is 10.6. The van der Waals surface area contributed by atoms with E-state index in [1.807, 2.05) is 30.3 Å². The number of aromatic nitrogens is 1. The molecule has 2 aliphatic heterocycles. The molecule has 7 nitrogen and oxygen atoms in total. The minimum atomic E-state index is -0.755. The first kappa shape index (κ1) is 19.1. The highest BCUT2D eigenvalue weighted by atomic mass is 16.5. The molecule has 3 atom stereocenters. The Balaban J connectivity index is 1.75. The van der Waals surface area contributed by atoms with Crippen LogP contribution in [0.25, 0.3) is 16.5 Å². The van der Waals surface area contributed by atoms with Crippen molar-refractivity contribution in [1.82, 2.24) is 10.3 Å². The number of rotatable bonds is 2. The number of nitrogens with one attached hydrogen (secondary N) is 2. The molecule has 0 saturated carbocycles. The molecule has 1 aromatic heterocycles. The van der Waals surface area contributed by atoms with E-state index >= 15 is 0 Å². The lowest BCUT2D eigenvalue weighted by molar-refractivity contribution is -0.143. The van der Waals surface area contributed by atoms with Gasteiger partial charge in [-0.15, -0.1) is 0 Å². The minimum absolute atomic E-state index is 0.412. The van der Waals surface area contributed by atoms with Crippen LogP contribution in [0.3, 0.4) is 0 Å². The average Bonchev–Trinajstić information content (AvgIpc) is 3.53. The van der Waals surface area contributed by atoms with Crippen LogP contribution in [0.2, 0.25) is 0 Å². The van der Waals surface area contributed by atoms with Crippen molar-refractivity contribution in [1.29, 1.82) is 0 Å². The topological polar surface area (TPSA) is 83.7 Å². The van der Waals surface area contributed by atoms with Crippen LogP contribution in [-0.2, 0) is 24.5 Å². The van der Waals surface area contributed by atoms with Crippen LogP contribution in [0, 0.1) is 0 Å². The van der Waals surface area contributed by atoms with Crippen molar-refractivity contribution >= 4 is 34.1 Å². The van der Waals surface area contributed by atoms with Gasteiger partial charge in [-0.2, -0.15) is 0 Å². The van der Waals surface area contributed by atoms with E-state index in [0.29, 0.717) is 6.54 Å². The quantitative estimate of drug-likeness (QED) is 0.609. The summed E-state index contributed by atoms with van der Waals surface area (Å²) in [6, 6.07) is 14.8. The Bertz CT molecular complexity index is 1340. The van der Waals surface area contributed by atoms with E-state index in [1.165, 1.54) is 14.2 Å². The van der Waals surface area contributed by atoms with Crippen molar-refractivity contribution in [2.24, 2.45) is 0 Å². The third-order valence-electron chi connectivity index (χ3n) is 7.19. The number of para-hydroxylation sites is 2. The molecule has 2 aromatic carbocycles. The van der Waals surface area contributed by atoms with Gasteiger partial charge >= 0.3 is 11.9 Å². The lowest BCUT2D eigenvalue weighted by atomic mass is 9.73. The molecule has 1 aliphatic carbocycles. The second-order valence-electron chi connectivity index (χ2n) is 8.61. The van der Waals surface area contributed by atoms with Crippen LogP contribution in [0.1, 0.15) is 16.8 Å². The number of carbonyl (C=O) groups is 2. The summed E-state index contributed by atoms with van der Waals surface area (Å²) in [6.07, 6.45) is 0. The molecule has 7 heteroatoms. The van der Waals surface area contributed by atoms with Crippen molar-refractivity contribution in [3.8, 4) is 0 Å². The number of aromatic amines is 1. The number of hydrogen-bond acceptors (Lipinski definition) is 6. The van der Waals surface area contributed by atoms with Crippen molar-refractivity contribution in [2.75, 3.05) is 32.7 Å². The fourth-order valence-electron chi connectivity index (χ4n) is 6.02. The molecule has 1 spiro atoms. The van der Waals surface area contributed by atoms with Gasteiger partial charge in [0.15, 0.2) is 0 Å². The van der Waals surface area contributed by atoms with E-state index < -0.39 is 29.4 Å². The molecule has 3 aliphatic rings. The summed E-state index contributed by atoms with van der Waals surface area (Å²) < 4.78 is 10.3. The number of hydrogen-bond donors (Lipinski definition) is 2. The van der Waals surface area contributed by atoms with E-state index in [9.17, 15) is 9.59 Å². The number of anilines is 1. The van der Waals surface area contributed by atoms with Crippen molar-refractivity contribution in [2.45, 2.75) is 17.5 Å². The van der Waals surface area contributed by atoms with Crippen LogP contribution in [0.15, 0.2) is 54.1 Å². The van der Waals surface area contributed by atoms with E-state index in [-0.39, 0.29) is 0 Å². The summed E-state index contributed by atoms with van der Waals surface area (Å²) in [5.74, 6) is -0.832. The number of carbonyl (C=O) groups excluding carboxylic acids is 2. The number of fused-ring (bicyclic) bond motifs is 8. The van der Waals surface area contributed by atoms with Crippen LogP contribution < -0.4 is 10.2 Å². The first-order chi connectivity index (χ1) is 15.5. The maximum Gasteiger partial charge on any atom is 0.327 e. The molecule has 32 heavy (non-hydrogen) atoms. The Morgan fingerprint density at radius 2 is 1.69 bits per heavy atom. The van der Waals surface area contributed by atoms with E-state index in [1.54, 1.807) is 0 Å². The number of H-pyrrole nitrogens is 1.